The summed E-state index contributed by atoms with van der Waals surface area (Å²) in [5.74, 6) is -0.286. The first-order valence-electron chi connectivity index (χ1n) is 7.49. The van der Waals surface area contributed by atoms with Crippen LogP contribution in [0, 0.1) is 11.7 Å². The molecule has 1 fully saturated rings. The predicted molar refractivity (Wildman–Crippen MR) is 80.9 cm³/mol. The number of nitrogens with one attached hydrogen (secondary N) is 2. The Morgan fingerprint density at radius 2 is 2.10 bits per heavy atom. The van der Waals surface area contributed by atoms with E-state index in [1.165, 1.54) is 12.1 Å². The third-order valence-electron chi connectivity index (χ3n) is 3.75. The van der Waals surface area contributed by atoms with Gasteiger partial charge in [-0.1, -0.05) is 26.3 Å². The standard InChI is InChI=1S/C15H23FN2O2S/c1-3-5-12-9-14(12)18-21(19,20)15-7-6-11(8-13(15)16)10-17-4-2/h6-8,12,14,17-18H,3-5,9-10H2,1-2H3. The maximum absolute atomic E-state index is 14.0. The molecule has 0 aliphatic heterocycles. The summed E-state index contributed by atoms with van der Waals surface area (Å²) in [6.07, 6.45) is 2.90. The summed E-state index contributed by atoms with van der Waals surface area (Å²) in [4.78, 5) is -0.259. The molecule has 0 bridgehead atoms. The minimum Gasteiger partial charge on any atom is -0.313 e. The molecule has 1 aromatic carbocycles. The van der Waals surface area contributed by atoms with Crippen molar-refractivity contribution in [1.82, 2.24) is 10.0 Å². The Bertz CT molecular complexity index is 589. The molecule has 2 N–H and O–H groups in total. The summed E-state index contributed by atoms with van der Waals surface area (Å²) >= 11 is 0. The topological polar surface area (TPSA) is 58.2 Å². The van der Waals surface area contributed by atoms with Gasteiger partial charge in [0, 0.05) is 12.6 Å². The summed E-state index contributed by atoms with van der Waals surface area (Å²) in [6, 6.07) is 4.25. The van der Waals surface area contributed by atoms with Crippen LogP contribution in [0.2, 0.25) is 0 Å². The summed E-state index contributed by atoms with van der Waals surface area (Å²) in [6.45, 7) is 5.35. The first-order chi connectivity index (χ1) is 9.97. The van der Waals surface area contributed by atoms with Crippen LogP contribution in [-0.2, 0) is 16.6 Å². The lowest BCUT2D eigenvalue weighted by molar-refractivity contribution is 0.550. The van der Waals surface area contributed by atoms with Gasteiger partial charge >= 0.3 is 0 Å². The zero-order valence-corrected chi connectivity index (χ0v) is 13.3. The van der Waals surface area contributed by atoms with Gasteiger partial charge in [0.05, 0.1) is 0 Å². The molecule has 4 nitrogen and oxygen atoms in total. The van der Waals surface area contributed by atoms with E-state index in [9.17, 15) is 12.8 Å². The van der Waals surface area contributed by atoms with Crippen LogP contribution in [-0.4, -0.2) is 21.0 Å². The van der Waals surface area contributed by atoms with Crippen LogP contribution in [0.4, 0.5) is 4.39 Å². The number of halogens is 1. The van der Waals surface area contributed by atoms with E-state index < -0.39 is 15.8 Å². The lowest BCUT2D eigenvalue weighted by Crippen LogP contribution is -2.28. The zero-order valence-electron chi connectivity index (χ0n) is 12.5. The third-order valence-corrected chi connectivity index (χ3v) is 5.28. The summed E-state index contributed by atoms with van der Waals surface area (Å²) in [5.41, 5.74) is 0.739. The normalized spacial score (nSPS) is 21.5. The predicted octanol–water partition coefficient (Wildman–Crippen LogP) is 2.40. The second-order valence-electron chi connectivity index (χ2n) is 5.56. The quantitative estimate of drug-likeness (QED) is 0.774. The lowest BCUT2D eigenvalue weighted by Gasteiger charge is -2.09. The van der Waals surface area contributed by atoms with E-state index in [1.807, 2.05) is 6.92 Å². The van der Waals surface area contributed by atoms with Crippen molar-refractivity contribution < 1.29 is 12.8 Å². The molecule has 2 unspecified atom stereocenters. The Balaban J connectivity index is 2.06. The molecular weight excluding hydrogens is 291 g/mol. The van der Waals surface area contributed by atoms with E-state index >= 15 is 0 Å². The maximum atomic E-state index is 14.0. The molecule has 21 heavy (non-hydrogen) atoms. The Hall–Kier alpha value is -0.980. The highest BCUT2D eigenvalue weighted by Gasteiger charge is 2.39. The molecule has 0 saturated heterocycles. The SMILES string of the molecule is CCCC1CC1NS(=O)(=O)c1ccc(CNCC)cc1F. The van der Waals surface area contributed by atoms with Crippen molar-refractivity contribution in [2.45, 2.75) is 50.6 Å². The first-order valence-corrected chi connectivity index (χ1v) is 8.97. The number of rotatable bonds is 8. The van der Waals surface area contributed by atoms with Gasteiger partial charge in [0.1, 0.15) is 10.7 Å². The molecule has 2 rings (SSSR count). The Kier molecular flexibility index (Phi) is 5.35. The van der Waals surface area contributed by atoms with Crippen LogP contribution >= 0.6 is 0 Å². The minimum absolute atomic E-state index is 0.0317. The highest BCUT2D eigenvalue weighted by Crippen LogP contribution is 2.35. The van der Waals surface area contributed by atoms with E-state index in [-0.39, 0.29) is 10.9 Å². The van der Waals surface area contributed by atoms with Gasteiger partial charge in [0.15, 0.2) is 0 Å². The van der Waals surface area contributed by atoms with E-state index in [1.54, 1.807) is 6.07 Å². The molecule has 6 heteroatoms. The highest BCUT2D eigenvalue weighted by atomic mass is 32.2. The van der Waals surface area contributed by atoms with E-state index in [2.05, 4.69) is 17.0 Å². The number of sulfonamides is 1. The van der Waals surface area contributed by atoms with Gasteiger partial charge in [-0.2, -0.15) is 0 Å². The van der Waals surface area contributed by atoms with Crippen LogP contribution in [0.3, 0.4) is 0 Å². The van der Waals surface area contributed by atoms with Crippen molar-refractivity contribution in [2.75, 3.05) is 6.54 Å². The molecule has 0 spiro atoms. The largest absolute Gasteiger partial charge is 0.313 e. The molecule has 2 atom stereocenters. The lowest BCUT2D eigenvalue weighted by atomic mass is 10.2. The highest BCUT2D eigenvalue weighted by molar-refractivity contribution is 7.89. The average molecular weight is 314 g/mol. The van der Waals surface area contributed by atoms with Crippen molar-refractivity contribution >= 4 is 10.0 Å². The second kappa shape index (κ2) is 6.85. The molecule has 0 amide bonds. The molecule has 1 saturated carbocycles. The van der Waals surface area contributed by atoms with Crippen LogP contribution in [0.1, 0.15) is 38.7 Å². The first kappa shape index (κ1) is 16.4. The van der Waals surface area contributed by atoms with E-state index in [4.69, 9.17) is 0 Å². The Morgan fingerprint density at radius 1 is 1.33 bits per heavy atom. The smallest absolute Gasteiger partial charge is 0.243 e. The number of hydrogen-bond donors (Lipinski definition) is 2. The minimum atomic E-state index is -3.76. The number of benzene rings is 1. The zero-order chi connectivity index (χ0) is 15.5. The summed E-state index contributed by atoms with van der Waals surface area (Å²) in [7, 11) is -3.76. The molecule has 1 aliphatic rings. The van der Waals surface area contributed by atoms with Crippen LogP contribution < -0.4 is 10.0 Å². The van der Waals surface area contributed by atoms with Gasteiger partial charge in [0.25, 0.3) is 0 Å². The van der Waals surface area contributed by atoms with Crippen LogP contribution in [0.15, 0.2) is 23.1 Å². The number of hydrogen-bond acceptors (Lipinski definition) is 3. The molecule has 1 aliphatic carbocycles. The monoisotopic (exact) mass is 314 g/mol. The molecule has 118 valence electrons. The van der Waals surface area contributed by atoms with E-state index in [0.29, 0.717) is 12.5 Å². The molecule has 0 heterocycles. The molecule has 0 aromatic heterocycles. The van der Waals surface area contributed by atoms with Gasteiger partial charge in [-0.25, -0.2) is 17.5 Å². The van der Waals surface area contributed by atoms with Gasteiger partial charge in [-0.3, -0.25) is 0 Å². The third kappa shape index (κ3) is 4.25. The summed E-state index contributed by atoms with van der Waals surface area (Å²) in [5, 5.41) is 3.08. The van der Waals surface area contributed by atoms with Crippen molar-refractivity contribution in [1.29, 1.82) is 0 Å². The second-order valence-corrected chi connectivity index (χ2v) is 7.24. The Labute approximate surface area is 126 Å². The average Bonchev–Trinajstić information content (AvgIpc) is 3.13. The fourth-order valence-corrected chi connectivity index (χ4v) is 3.86. The molecular formula is C15H23FN2O2S. The molecule has 0 radical (unpaired) electrons. The fourth-order valence-electron chi connectivity index (χ4n) is 2.49. The van der Waals surface area contributed by atoms with E-state index in [0.717, 1.165) is 31.4 Å². The molecule has 1 aromatic rings. The van der Waals surface area contributed by atoms with Gasteiger partial charge in [0.2, 0.25) is 10.0 Å². The van der Waals surface area contributed by atoms with Crippen molar-refractivity contribution in [3.05, 3.63) is 29.6 Å². The van der Waals surface area contributed by atoms with Gasteiger partial charge in [-0.15, -0.1) is 0 Å². The fraction of sp³-hybridized carbons (Fsp3) is 0.600. The van der Waals surface area contributed by atoms with Gasteiger partial charge < -0.3 is 5.32 Å². The maximum Gasteiger partial charge on any atom is 0.243 e. The van der Waals surface area contributed by atoms with Gasteiger partial charge in [-0.05, 0) is 43.0 Å². The summed E-state index contributed by atoms with van der Waals surface area (Å²) < 4.78 is 41.1. The van der Waals surface area contributed by atoms with Crippen molar-refractivity contribution in [3.8, 4) is 0 Å². The van der Waals surface area contributed by atoms with Crippen molar-refractivity contribution in [3.63, 3.8) is 0 Å². The van der Waals surface area contributed by atoms with Crippen LogP contribution in [0.5, 0.6) is 0 Å². The van der Waals surface area contributed by atoms with Crippen molar-refractivity contribution in [2.24, 2.45) is 5.92 Å². The van der Waals surface area contributed by atoms with Crippen LogP contribution in [0.25, 0.3) is 0 Å². The Morgan fingerprint density at radius 3 is 2.71 bits per heavy atom.